The minimum atomic E-state index is 0.430. The standard InChI is InChI=1S/C13H19N3OS/c1-3-9-18-10-8-15-13(14)16-11-4-6-12(17-2)7-5-11/h3-7H,1,8-10H2,2H3,(H3,14,15,16). The molecule has 0 bridgehead atoms. The summed E-state index contributed by atoms with van der Waals surface area (Å²) in [6, 6.07) is 7.53. The van der Waals surface area contributed by atoms with Crippen molar-refractivity contribution in [2.24, 2.45) is 10.7 Å². The van der Waals surface area contributed by atoms with E-state index in [9.17, 15) is 0 Å². The summed E-state index contributed by atoms with van der Waals surface area (Å²) >= 11 is 1.78. The lowest BCUT2D eigenvalue weighted by molar-refractivity contribution is 0.415. The Labute approximate surface area is 112 Å². The van der Waals surface area contributed by atoms with Crippen LogP contribution in [0.2, 0.25) is 0 Å². The lowest BCUT2D eigenvalue weighted by Gasteiger charge is -2.06. The summed E-state index contributed by atoms with van der Waals surface area (Å²) in [4.78, 5) is 4.23. The van der Waals surface area contributed by atoms with Gasteiger partial charge in [-0.05, 0) is 24.3 Å². The van der Waals surface area contributed by atoms with E-state index in [0.717, 1.165) is 22.9 Å². The molecule has 0 amide bonds. The maximum atomic E-state index is 5.77. The Morgan fingerprint density at radius 1 is 1.50 bits per heavy atom. The number of aliphatic imine (C=N–C) groups is 1. The highest BCUT2D eigenvalue weighted by molar-refractivity contribution is 7.99. The number of methoxy groups -OCH3 is 1. The van der Waals surface area contributed by atoms with Crippen molar-refractivity contribution in [2.75, 3.05) is 30.5 Å². The van der Waals surface area contributed by atoms with E-state index in [1.807, 2.05) is 30.3 Å². The van der Waals surface area contributed by atoms with Crippen molar-refractivity contribution in [1.29, 1.82) is 0 Å². The van der Waals surface area contributed by atoms with Crippen molar-refractivity contribution in [1.82, 2.24) is 0 Å². The molecule has 0 aromatic heterocycles. The highest BCUT2D eigenvalue weighted by Crippen LogP contribution is 2.14. The number of nitrogens with zero attached hydrogens (tertiary/aromatic N) is 1. The normalized spacial score (nSPS) is 11.1. The molecule has 0 aliphatic rings. The zero-order valence-corrected chi connectivity index (χ0v) is 11.4. The maximum absolute atomic E-state index is 5.77. The van der Waals surface area contributed by atoms with E-state index in [0.29, 0.717) is 12.5 Å². The molecular formula is C13H19N3OS. The van der Waals surface area contributed by atoms with Crippen molar-refractivity contribution in [2.45, 2.75) is 0 Å². The predicted molar refractivity (Wildman–Crippen MR) is 80.6 cm³/mol. The molecule has 0 aliphatic carbocycles. The Morgan fingerprint density at radius 3 is 2.83 bits per heavy atom. The number of anilines is 1. The Hall–Kier alpha value is -1.62. The number of hydrogen-bond donors (Lipinski definition) is 2. The van der Waals surface area contributed by atoms with Crippen LogP contribution in [-0.2, 0) is 0 Å². The topological polar surface area (TPSA) is 59.6 Å². The van der Waals surface area contributed by atoms with Gasteiger partial charge in [-0.15, -0.1) is 6.58 Å². The molecular weight excluding hydrogens is 246 g/mol. The Balaban J connectivity index is 2.35. The summed E-state index contributed by atoms with van der Waals surface area (Å²) in [5.74, 6) is 3.13. The molecule has 0 saturated heterocycles. The van der Waals surface area contributed by atoms with Gasteiger partial charge in [0.2, 0.25) is 0 Å². The number of benzene rings is 1. The average Bonchev–Trinajstić information content (AvgIpc) is 2.39. The van der Waals surface area contributed by atoms with Gasteiger partial charge < -0.3 is 15.8 Å². The molecule has 0 unspecified atom stereocenters. The van der Waals surface area contributed by atoms with E-state index in [4.69, 9.17) is 10.5 Å². The second-order valence-corrected chi connectivity index (χ2v) is 4.63. The third-order valence-electron chi connectivity index (χ3n) is 2.12. The molecule has 1 rings (SSSR count). The SMILES string of the molecule is C=CCSCCN=C(N)Nc1ccc(OC)cc1. The minimum Gasteiger partial charge on any atom is -0.497 e. The van der Waals surface area contributed by atoms with Gasteiger partial charge in [0.05, 0.1) is 13.7 Å². The highest BCUT2D eigenvalue weighted by atomic mass is 32.2. The molecule has 0 heterocycles. The number of guanidine groups is 1. The number of thioether (sulfide) groups is 1. The number of hydrogen-bond acceptors (Lipinski definition) is 3. The lowest BCUT2D eigenvalue weighted by atomic mass is 10.3. The van der Waals surface area contributed by atoms with E-state index in [2.05, 4.69) is 16.9 Å². The number of ether oxygens (including phenoxy) is 1. The summed E-state index contributed by atoms with van der Waals surface area (Å²) in [5.41, 5.74) is 6.67. The summed E-state index contributed by atoms with van der Waals surface area (Å²) < 4.78 is 5.08. The van der Waals surface area contributed by atoms with E-state index < -0.39 is 0 Å². The van der Waals surface area contributed by atoms with E-state index in [1.165, 1.54) is 0 Å². The van der Waals surface area contributed by atoms with Crippen LogP contribution in [0, 0.1) is 0 Å². The fourth-order valence-corrected chi connectivity index (χ4v) is 1.81. The maximum Gasteiger partial charge on any atom is 0.193 e. The largest absolute Gasteiger partial charge is 0.497 e. The molecule has 0 spiro atoms. The first-order valence-corrected chi connectivity index (χ1v) is 6.81. The molecule has 0 saturated carbocycles. The average molecular weight is 265 g/mol. The van der Waals surface area contributed by atoms with Gasteiger partial charge in [0.15, 0.2) is 5.96 Å². The van der Waals surface area contributed by atoms with Crippen LogP contribution in [0.3, 0.4) is 0 Å². The van der Waals surface area contributed by atoms with Crippen LogP contribution in [0.5, 0.6) is 5.75 Å². The van der Waals surface area contributed by atoms with Gasteiger partial charge in [-0.3, -0.25) is 4.99 Å². The summed E-state index contributed by atoms with van der Waals surface area (Å²) in [6.45, 7) is 4.36. The Bertz CT molecular complexity index is 390. The van der Waals surface area contributed by atoms with Crippen LogP contribution in [0.4, 0.5) is 5.69 Å². The molecule has 1 aromatic rings. The first-order valence-electron chi connectivity index (χ1n) is 5.66. The van der Waals surface area contributed by atoms with Gasteiger partial charge in [-0.2, -0.15) is 11.8 Å². The van der Waals surface area contributed by atoms with E-state index in [-0.39, 0.29) is 0 Å². The second kappa shape index (κ2) is 8.47. The van der Waals surface area contributed by atoms with Gasteiger partial charge >= 0.3 is 0 Å². The van der Waals surface area contributed by atoms with Gasteiger partial charge in [0, 0.05) is 17.2 Å². The quantitative estimate of drug-likeness (QED) is 0.344. The van der Waals surface area contributed by atoms with Gasteiger partial charge in [0.1, 0.15) is 5.75 Å². The molecule has 98 valence electrons. The van der Waals surface area contributed by atoms with Crippen molar-refractivity contribution in [3.63, 3.8) is 0 Å². The van der Waals surface area contributed by atoms with Crippen LogP contribution < -0.4 is 15.8 Å². The Morgan fingerprint density at radius 2 is 2.22 bits per heavy atom. The summed E-state index contributed by atoms with van der Waals surface area (Å²) in [5, 5.41) is 3.03. The minimum absolute atomic E-state index is 0.430. The molecule has 5 heteroatoms. The fraction of sp³-hybridized carbons (Fsp3) is 0.308. The van der Waals surface area contributed by atoms with Crippen molar-refractivity contribution >= 4 is 23.4 Å². The molecule has 4 nitrogen and oxygen atoms in total. The van der Waals surface area contributed by atoms with E-state index in [1.54, 1.807) is 18.9 Å². The molecule has 0 aliphatic heterocycles. The predicted octanol–water partition coefficient (Wildman–Crippen LogP) is 2.34. The zero-order valence-electron chi connectivity index (χ0n) is 10.6. The molecule has 3 N–H and O–H groups in total. The smallest absolute Gasteiger partial charge is 0.193 e. The van der Waals surface area contributed by atoms with Crippen molar-refractivity contribution in [3.8, 4) is 5.75 Å². The molecule has 0 fully saturated rings. The van der Waals surface area contributed by atoms with E-state index >= 15 is 0 Å². The number of nitrogens with one attached hydrogen (secondary N) is 1. The second-order valence-electron chi connectivity index (χ2n) is 3.48. The van der Waals surface area contributed by atoms with Gasteiger partial charge in [-0.1, -0.05) is 6.08 Å². The van der Waals surface area contributed by atoms with Crippen LogP contribution in [0.1, 0.15) is 0 Å². The lowest BCUT2D eigenvalue weighted by Crippen LogP contribution is -2.23. The summed E-state index contributed by atoms with van der Waals surface area (Å²) in [7, 11) is 1.64. The monoisotopic (exact) mass is 265 g/mol. The third kappa shape index (κ3) is 5.63. The van der Waals surface area contributed by atoms with Crippen molar-refractivity contribution in [3.05, 3.63) is 36.9 Å². The van der Waals surface area contributed by atoms with Crippen molar-refractivity contribution < 1.29 is 4.74 Å². The molecule has 1 aromatic carbocycles. The number of nitrogens with two attached hydrogens (primary N) is 1. The first kappa shape index (κ1) is 14.4. The molecule has 0 atom stereocenters. The third-order valence-corrected chi connectivity index (χ3v) is 3.06. The van der Waals surface area contributed by atoms with Crippen LogP contribution in [0.15, 0.2) is 41.9 Å². The zero-order chi connectivity index (χ0) is 13.2. The first-order chi connectivity index (χ1) is 8.76. The molecule has 0 radical (unpaired) electrons. The van der Waals surface area contributed by atoms with Crippen LogP contribution >= 0.6 is 11.8 Å². The fourth-order valence-electron chi connectivity index (χ4n) is 1.26. The number of rotatable bonds is 7. The molecule has 18 heavy (non-hydrogen) atoms. The highest BCUT2D eigenvalue weighted by Gasteiger charge is 1.95. The van der Waals surface area contributed by atoms with Crippen LogP contribution in [-0.4, -0.2) is 31.1 Å². The Kier molecular flexibility index (Phi) is 6.79. The van der Waals surface area contributed by atoms with Crippen LogP contribution in [0.25, 0.3) is 0 Å². The summed E-state index contributed by atoms with van der Waals surface area (Å²) in [6.07, 6.45) is 1.88. The van der Waals surface area contributed by atoms with Gasteiger partial charge in [-0.25, -0.2) is 0 Å². The van der Waals surface area contributed by atoms with Gasteiger partial charge in [0.25, 0.3) is 0 Å².